The Labute approximate surface area is 129 Å². The van der Waals surface area contributed by atoms with E-state index in [0.717, 1.165) is 31.0 Å². The lowest BCUT2D eigenvalue weighted by molar-refractivity contribution is 0.397. The molecule has 6 nitrogen and oxygen atoms in total. The van der Waals surface area contributed by atoms with Gasteiger partial charge in [0.25, 0.3) is 0 Å². The van der Waals surface area contributed by atoms with Gasteiger partial charge in [-0.25, -0.2) is 9.97 Å². The molecule has 0 aliphatic carbocycles. The van der Waals surface area contributed by atoms with Gasteiger partial charge in [0.1, 0.15) is 12.1 Å². The van der Waals surface area contributed by atoms with E-state index in [4.69, 9.17) is 10.00 Å². The minimum absolute atomic E-state index is 0.329. The van der Waals surface area contributed by atoms with E-state index in [9.17, 15) is 0 Å². The standard InChI is InChI=1S/C16H17N5O/c1-22-16-8-15(18-11-19-16)20-13-6-7-21(10-13)14-4-2-12(9-17)3-5-14/h2-5,8,11,13H,6-7,10H2,1H3,(H,18,19,20). The van der Waals surface area contributed by atoms with Crippen LogP contribution >= 0.6 is 0 Å². The van der Waals surface area contributed by atoms with E-state index in [2.05, 4.69) is 26.3 Å². The maximum absolute atomic E-state index is 8.85. The maximum atomic E-state index is 8.85. The highest BCUT2D eigenvalue weighted by atomic mass is 16.5. The number of aromatic nitrogens is 2. The van der Waals surface area contributed by atoms with Crippen molar-refractivity contribution in [1.82, 2.24) is 9.97 Å². The number of rotatable bonds is 4. The molecular weight excluding hydrogens is 278 g/mol. The minimum atomic E-state index is 0.329. The molecule has 1 unspecified atom stereocenters. The normalized spacial score (nSPS) is 17.1. The molecule has 1 atom stereocenters. The molecule has 22 heavy (non-hydrogen) atoms. The van der Waals surface area contributed by atoms with E-state index in [1.54, 1.807) is 13.2 Å². The Bertz CT molecular complexity index is 680. The van der Waals surface area contributed by atoms with Crippen LogP contribution in [-0.4, -0.2) is 36.2 Å². The third-order valence-corrected chi connectivity index (χ3v) is 3.75. The van der Waals surface area contributed by atoms with Gasteiger partial charge in [-0.2, -0.15) is 5.26 Å². The molecule has 1 aliphatic heterocycles. The number of methoxy groups -OCH3 is 1. The highest BCUT2D eigenvalue weighted by Crippen LogP contribution is 2.23. The Balaban J connectivity index is 1.63. The molecular formula is C16H17N5O. The first-order valence-corrected chi connectivity index (χ1v) is 7.16. The summed E-state index contributed by atoms with van der Waals surface area (Å²) < 4.78 is 5.10. The van der Waals surface area contributed by atoms with Crippen LogP contribution < -0.4 is 15.0 Å². The summed E-state index contributed by atoms with van der Waals surface area (Å²) in [6.45, 7) is 1.88. The topological polar surface area (TPSA) is 74.1 Å². The Kier molecular flexibility index (Phi) is 4.05. The third kappa shape index (κ3) is 3.09. The van der Waals surface area contributed by atoms with Crippen LogP contribution in [0, 0.1) is 11.3 Å². The van der Waals surface area contributed by atoms with Crippen LogP contribution in [0.2, 0.25) is 0 Å². The summed E-state index contributed by atoms with van der Waals surface area (Å²) in [5.41, 5.74) is 1.83. The van der Waals surface area contributed by atoms with E-state index in [0.29, 0.717) is 17.5 Å². The number of anilines is 2. The van der Waals surface area contributed by atoms with E-state index in [1.165, 1.54) is 6.33 Å². The molecule has 0 saturated carbocycles. The van der Waals surface area contributed by atoms with E-state index >= 15 is 0 Å². The molecule has 0 amide bonds. The van der Waals surface area contributed by atoms with Crippen LogP contribution in [0.1, 0.15) is 12.0 Å². The molecule has 2 heterocycles. The summed E-state index contributed by atoms with van der Waals surface area (Å²) in [6.07, 6.45) is 2.53. The van der Waals surface area contributed by atoms with Gasteiger partial charge in [-0.1, -0.05) is 0 Å². The molecule has 0 radical (unpaired) electrons. The quantitative estimate of drug-likeness (QED) is 0.930. The van der Waals surface area contributed by atoms with Crippen LogP contribution in [0.5, 0.6) is 5.88 Å². The Hall–Kier alpha value is -2.81. The van der Waals surface area contributed by atoms with Gasteiger partial charge >= 0.3 is 0 Å². The first-order chi connectivity index (χ1) is 10.8. The van der Waals surface area contributed by atoms with Gasteiger partial charge in [0, 0.05) is 30.9 Å². The van der Waals surface area contributed by atoms with Crippen molar-refractivity contribution in [3.8, 4) is 11.9 Å². The number of ether oxygens (including phenoxy) is 1. The molecule has 1 aliphatic rings. The van der Waals surface area contributed by atoms with Crippen LogP contribution in [0.15, 0.2) is 36.7 Å². The Morgan fingerprint density at radius 3 is 2.86 bits per heavy atom. The Morgan fingerprint density at radius 1 is 1.32 bits per heavy atom. The van der Waals surface area contributed by atoms with Gasteiger partial charge < -0.3 is 15.0 Å². The predicted molar refractivity (Wildman–Crippen MR) is 84.0 cm³/mol. The zero-order valence-corrected chi connectivity index (χ0v) is 12.4. The number of nitriles is 1. The van der Waals surface area contributed by atoms with Crippen LogP contribution in [0.25, 0.3) is 0 Å². The van der Waals surface area contributed by atoms with Gasteiger partial charge in [0.15, 0.2) is 0 Å². The predicted octanol–water partition coefficient (Wildman–Crippen LogP) is 2.05. The molecule has 1 saturated heterocycles. The van der Waals surface area contributed by atoms with Crippen molar-refractivity contribution in [3.63, 3.8) is 0 Å². The summed E-state index contributed by atoms with van der Waals surface area (Å²) in [5.74, 6) is 1.33. The smallest absolute Gasteiger partial charge is 0.218 e. The molecule has 112 valence electrons. The van der Waals surface area contributed by atoms with Gasteiger partial charge in [-0.15, -0.1) is 0 Å². The number of hydrogen-bond acceptors (Lipinski definition) is 6. The molecule has 1 fully saturated rings. The fourth-order valence-electron chi connectivity index (χ4n) is 2.60. The average molecular weight is 295 g/mol. The van der Waals surface area contributed by atoms with E-state index in [1.807, 2.05) is 24.3 Å². The highest BCUT2D eigenvalue weighted by Gasteiger charge is 2.23. The second-order valence-corrected chi connectivity index (χ2v) is 5.18. The first kappa shape index (κ1) is 14.1. The zero-order chi connectivity index (χ0) is 15.4. The highest BCUT2D eigenvalue weighted by molar-refractivity contribution is 5.51. The molecule has 2 aromatic rings. The van der Waals surface area contributed by atoms with Crippen LogP contribution in [0.4, 0.5) is 11.5 Å². The molecule has 0 spiro atoms. The summed E-state index contributed by atoms with van der Waals surface area (Å²) in [7, 11) is 1.59. The second-order valence-electron chi connectivity index (χ2n) is 5.18. The molecule has 0 bridgehead atoms. The fraction of sp³-hybridized carbons (Fsp3) is 0.312. The van der Waals surface area contributed by atoms with Gasteiger partial charge in [-0.05, 0) is 30.7 Å². The number of nitrogens with one attached hydrogen (secondary N) is 1. The van der Waals surface area contributed by atoms with Crippen molar-refractivity contribution in [1.29, 1.82) is 5.26 Å². The zero-order valence-electron chi connectivity index (χ0n) is 12.4. The minimum Gasteiger partial charge on any atom is -0.481 e. The molecule has 1 N–H and O–H groups in total. The lowest BCUT2D eigenvalue weighted by Gasteiger charge is -2.19. The second kappa shape index (κ2) is 6.31. The Morgan fingerprint density at radius 2 is 2.14 bits per heavy atom. The number of benzene rings is 1. The van der Waals surface area contributed by atoms with Crippen molar-refractivity contribution >= 4 is 11.5 Å². The first-order valence-electron chi connectivity index (χ1n) is 7.16. The largest absolute Gasteiger partial charge is 0.481 e. The van der Waals surface area contributed by atoms with Crippen LogP contribution in [-0.2, 0) is 0 Å². The number of nitrogens with zero attached hydrogens (tertiary/aromatic N) is 4. The summed E-state index contributed by atoms with van der Waals surface area (Å²) in [5, 5.41) is 12.3. The SMILES string of the molecule is COc1cc(NC2CCN(c3ccc(C#N)cc3)C2)ncn1. The van der Waals surface area contributed by atoms with Crippen molar-refractivity contribution in [2.24, 2.45) is 0 Å². The van der Waals surface area contributed by atoms with Crippen LogP contribution in [0.3, 0.4) is 0 Å². The lowest BCUT2D eigenvalue weighted by atomic mass is 10.2. The molecule has 1 aromatic carbocycles. The van der Waals surface area contributed by atoms with Crippen molar-refractivity contribution < 1.29 is 4.74 Å². The van der Waals surface area contributed by atoms with Gasteiger partial charge in [0.05, 0.1) is 18.7 Å². The lowest BCUT2D eigenvalue weighted by Crippen LogP contribution is -2.26. The summed E-state index contributed by atoms with van der Waals surface area (Å²) in [6, 6.07) is 12.0. The molecule has 1 aromatic heterocycles. The monoisotopic (exact) mass is 295 g/mol. The van der Waals surface area contributed by atoms with Crippen molar-refractivity contribution in [2.75, 3.05) is 30.4 Å². The number of hydrogen-bond donors (Lipinski definition) is 1. The third-order valence-electron chi connectivity index (χ3n) is 3.75. The van der Waals surface area contributed by atoms with Gasteiger partial charge in [-0.3, -0.25) is 0 Å². The van der Waals surface area contributed by atoms with Gasteiger partial charge in [0.2, 0.25) is 5.88 Å². The van der Waals surface area contributed by atoms with Crippen molar-refractivity contribution in [3.05, 3.63) is 42.2 Å². The average Bonchev–Trinajstić information content (AvgIpc) is 3.03. The fourth-order valence-corrected chi connectivity index (χ4v) is 2.60. The van der Waals surface area contributed by atoms with E-state index in [-0.39, 0.29) is 0 Å². The van der Waals surface area contributed by atoms with Crippen molar-refractivity contribution in [2.45, 2.75) is 12.5 Å². The summed E-state index contributed by atoms with van der Waals surface area (Å²) >= 11 is 0. The molecule has 3 rings (SSSR count). The maximum Gasteiger partial charge on any atom is 0.218 e. The molecule has 6 heteroatoms. The summed E-state index contributed by atoms with van der Waals surface area (Å²) in [4.78, 5) is 10.5. The van der Waals surface area contributed by atoms with E-state index < -0.39 is 0 Å².